The fraction of sp³-hybridized carbons (Fsp3) is 0.455. The van der Waals surface area contributed by atoms with Gasteiger partial charge < -0.3 is 15.0 Å². The number of hydrogen-bond donors (Lipinski definition) is 1. The number of rotatable bonds is 6. The summed E-state index contributed by atoms with van der Waals surface area (Å²) in [6, 6.07) is 11.8. The molecule has 1 aromatic carbocycles. The predicted molar refractivity (Wildman–Crippen MR) is 109 cm³/mol. The smallest absolute Gasteiger partial charge is 0.255 e. The molecular formula is C22H29N3O2. The molecule has 1 aliphatic rings. The second-order valence-corrected chi connectivity index (χ2v) is 7.28. The van der Waals surface area contributed by atoms with Crippen molar-refractivity contribution in [1.29, 1.82) is 0 Å². The summed E-state index contributed by atoms with van der Waals surface area (Å²) in [6.07, 6.45) is 6.16. The van der Waals surface area contributed by atoms with Crippen LogP contribution in [0.25, 0.3) is 0 Å². The van der Waals surface area contributed by atoms with Crippen molar-refractivity contribution in [2.24, 2.45) is 0 Å². The van der Waals surface area contributed by atoms with Crippen LogP contribution in [-0.2, 0) is 0 Å². The minimum atomic E-state index is 0.0872. The Balaban J connectivity index is 1.71. The summed E-state index contributed by atoms with van der Waals surface area (Å²) in [6.45, 7) is 6.99. The molecule has 5 heteroatoms. The number of likely N-dealkylation sites (tertiary alicyclic amines) is 1. The van der Waals surface area contributed by atoms with Gasteiger partial charge in [-0.2, -0.15) is 0 Å². The van der Waals surface area contributed by atoms with Crippen molar-refractivity contribution in [3.05, 3.63) is 48.2 Å². The number of ether oxygens (including phenoxy) is 1. The molecule has 3 rings (SSSR count). The Morgan fingerprint density at radius 2 is 2.07 bits per heavy atom. The first kappa shape index (κ1) is 19.2. The number of pyridine rings is 1. The number of aromatic nitrogens is 1. The zero-order chi connectivity index (χ0) is 19.2. The average Bonchev–Trinajstić information content (AvgIpc) is 2.69. The van der Waals surface area contributed by atoms with Crippen LogP contribution in [0.4, 0.5) is 11.5 Å². The Bertz CT molecular complexity index is 758. The highest BCUT2D eigenvalue weighted by Gasteiger charge is 2.26. The number of piperidine rings is 1. The largest absolute Gasteiger partial charge is 0.489 e. The molecule has 0 aliphatic carbocycles. The molecule has 1 atom stereocenters. The number of amides is 1. The van der Waals surface area contributed by atoms with Gasteiger partial charge in [0.15, 0.2) is 0 Å². The Kier molecular flexibility index (Phi) is 6.32. The summed E-state index contributed by atoms with van der Waals surface area (Å²) in [5, 5.41) is 3.28. The van der Waals surface area contributed by atoms with Crippen LogP contribution in [0.15, 0.2) is 42.6 Å². The van der Waals surface area contributed by atoms with E-state index in [9.17, 15) is 4.79 Å². The number of hydrogen-bond acceptors (Lipinski definition) is 4. The highest BCUT2D eigenvalue weighted by Crippen LogP contribution is 2.28. The topological polar surface area (TPSA) is 54.5 Å². The van der Waals surface area contributed by atoms with Crippen molar-refractivity contribution in [3.63, 3.8) is 0 Å². The molecule has 0 spiro atoms. The first-order valence-corrected chi connectivity index (χ1v) is 9.88. The molecule has 1 unspecified atom stereocenters. The zero-order valence-electron chi connectivity index (χ0n) is 16.4. The summed E-state index contributed by atoms with van der Waals surface area (Å²) in [4.78, 5) is 19.3. The Labute approximate surface area is 161 Å². The number of carbonyl (C=O) groups is 1. The molecule has 27 heavy (non-hydrogen) atoms. The molecule has 144 valence electrons. The van der Waals surface area contributed by atoms with E-state index in [2.05, 4.69) is 17.2 Å². The first-order valence-electron chi connectivity index (χ1n) is 9.88. The van der Waals surface area contributed by atoms with E-state index in [0.29, 0.717) is 17.4 Å². The van der Waals surface area contributed by atoms with E-state index < -0.39 is 0 Å². The van der Waals surface area contributed by atoms with Crippen molar-refractivity contribution in [2.45, 2.75) is 58.6 Å². The highest BCUT2D eigenvalue weighted by molar-refractivity contribution is 5.94. The van der Waals surface area contributed by atoms with Crippen molar-refractivity contribution in [1.82, 2.24) is 9.88 Å². The van der Waals surface area contributed by atoms with Crippen molar-refractivity contribution in [3.8, 4) is 5.75 Å². The van der Waals surface area contributed by atoms with Crippen LogP contribution in [0.5, 0.6) is 5.75 Å². The zero-order valence-corrected chi connectivity index (χ0v) is 16.4. The Morgan fingerprint density at radius 1 is 1.26 bits per heavy atom. The normalized spacial score (nSPS) is 17.0. The molecule has 0 bridgehead atoms. The number of carbonyl (C=O) groups excluding carboxylic acids is 1. The molecule has 1 saturated heterocycles. The average molecular weight is 367 g/mol. The lowest BCUT2D eigenvalue weighted by Gasteiger charge is -2.35. The lowest BCUT2D eigenvalue weighted by Crippen LogP contribution is -2.43. The quantitative estimate of drug-likeness (QED) is 0.779. The number of para-hydroxylation sites is 2. The van der Waals surface area contributed by atoms with Gasteiger partial charge in [0, 0.05) is 18.8 Å². The van der Waals surface area contributed by atoms with Gasteiger partial charge in [-0.15, -0.1) is 0 Å². The van der Waals surface area contributed by atoms with Crippen molar-refractivity contribution >= 4 is 17.4 Å². The van der Waals surface area contributed by atoms with Crippen LogP contribution >= 0.6 is 0 Å². The van der Waals surface area contributed by atoms with E-state index in [-0.39, 0.29) is 12.0 Å². The van der Waals surface area contributed by atoms with Crippen molar-refractivity contribution in [2.75, 3.05) is 11.9 Å². The standard InChI is InChI=1S/C22H29N3O2/c1-4-18-9-7-8-14-25(18)22(26)17-12-13-21(23-15-17)24-19-10-5-6-11-20(19)27-16(2)3/h5-6,10-13,15-16,18H,4,7-9,14H2,1-3H3,(H,23,24). The van der Waals surface area contributed by atoms with Gasteiger partial charge >= 0.3 is 0 Å². The monoisotopic (exact) mass is 367 g/mol. The third-order valence-corrected chi connectivity index (χ3v) is 4.88. The number of anilines is 2. The van der Waals surface area contributed by atoms with E-state index in [0.717, 1.165) is 37.2 Å². The molecule has 0 saturated carbocycles. The summed E-state index contributed by atoms with van der Waals surface area (Å²) >= 11 is 0. The van der Waals surface area contributed by atoms with Gasteiger partial charge in [0.25, 0.3) is 5.91 Å². The first-order chi connectivity index (χ1) is 13.1. The minimum Gasteiger partial charge on any atom is -0.489 e. The molecule has 2 aromatic rings. The molecule has 1 aliphatic heterocycles. The SMILES string of the molecule is CCC1CCCCN1C(=O)c1ccc(Nc2ccccc2OC(C)C)nc1. The van der Waals surface area contributed by atoms with Gasteiger partial charge in [0.2, 0.25) is 0 Å². The van der Waals surface area contributed by atoms with Crippen LogP contribution in [0.1, 0.15) is 56.8 Å². The van der Waals surface area contributed by atoms with Crippen LogP contribution < -0.4 is 10.1 Å². The maximum atomic E-state index is 12.9. The highest BCUT2D eigenvalue weighted by atomic mass is 16.5. The number of nitrogens with zero attached hydrogens (tertiary/aromatic N) is 2. The summed E-state index contributed by atoms with van der Waals surface area (Å²) in [5.41, 5.74) is 1.51. The maximum Gasteiger partial charge on any atom is 0.255 e. The van der Waals surface area contributed by atoms with Crippen molar-refractivity contribution < 1.29 is 9.53 Å². The third kappa shape index (κ3) is 4.79. The second-order valence-electron chi connectivity index (χ2n) is 7.28. The van der Waals surface area contributed by atoms with Gasteiger partial charge in [0.05, 0.1) is 17.4 Å². The summed E-state index contributed by atoms with van der Waals surface area (Å²) in [5.74, 6) is 1.56. The number of nitrogens with one attached hydrogen (secondary N) is 1. The van der Waals surface area contributed by atoms with Gasteiger partial charge in [-0.05, 0) is 63.8 Å². The molecule has 1 fully saturated rings. The van der Waals surface area contributed by atoms with Gasteiger partial charge in [-0.3, -0.25) is 4.79 Å². The van der Waals surface area contributed by atoms with Crippen LogP contribution in [-0.4, -0.2) is 34.5 Å². The minimum absolute atomic E-state index is 0.0872. The Morgan fingerprint density at radius 3 is 2.78 bits per heavy atom. The second kappa shape index (κ2) is 8.89. The number of benzene rings is 1. The Hall–Kier alpha value is -2.56. The lowest BCUT2D eigenvalue weighted by atomic mass is 9.99. The molecule has 0 radical (unpaired) electrons. The van der Waals surface area contributed by atoms with Crippen LogP contribution in [0.3, 0.4) is 0 Å². The lowest BCUT2D eigenvalue weighted by molar-refractivity contribution is 0.0607. The fourth-order valence-electron chi connectivity index (χ4n) is 3.52. The predicted octanol–water partition coefficient (Wildman–Crippen LogP) is 5.02. The van der Waals surface area contributed by atoms with E-state index >= 15 is 0 Å². The molecule has 1 N–H and O–H groups in total. The van der Waals surface area contributed by atoms with Crippen LogP contribution in [0, 0.1) is 0 Å². The van der Waals surface area contributed by atoms with E-state index in [1.54, 1.807) is 6.20 Å². The van der Waals surface area contributed by atoms with Gasteiger partial charge in [0.1, 0.15) is 11.6 Å². The van der Waals surface area contributed by atoms with E-state index in [4.69, 9.17) is 4.74 Å². The van der Waals surface area contributed by atoms with Crippen LogP contribution in [0.2, 0.25) is 0 Å². The molecular weight excluding hydrogens is 338 g/mol. The third-order valence-electron chi connectivity index (χ3n) is 4.88. The van der Waals surface area contributed by atoms with E-state index in [1.807, 2.05) is 55.1 Å². The molecule has 1 amide bonds. The van der Waals surface area contributed by atoms with Gasteiger partial charge in [-0.1, -0.05) is 19.1 Å². The molecule has 5 nitrogen and oxygen atoms in total. The van der Waals surface area contributed by atoms with E-state index in [1.165, 1.54) is 6.42 Å². The summed E-state index contributed by atoms with van der Waals surface area (Å²) in [7, 11) is 0. The van der Waals surface area contributed by atoms with Gasteiger partial charge in [-0.25, -0.2) is 4.98 Å². The summed E-state index contributed by atoms with van der Waals surface area (Å²) < 4.78 is 5.83. The maximum absolute atomic E-state index is 12.9. The molecule has 1 aromatic heterocycles. The fourth-order valence-corrected chi connectivity index (χ4v) is 3.52. The molecule has 2 heterocycles.